The van der Waals surface area contributed by atoms with E-state index in [9.17, 15) is 4.79 Å². The zero-order chi connectivity index (χ0) is 13.5. The second-order valence-corrected chi connectivity index (χ2v) is 6.28. The zero-order valence-corrected chi connectivity index (χ0v) is 14.6. The van der Waals surface area contributed by atoms with Crippen LogP contribution in [0.1, 0.15) is 35.2 Å². The molecule has 0 saturated carbocycles. The highest BCUT2D eigenvalue weighted by Gasteiger charge is 2.15. The largest absolute Gasteiger partial charge is 0.342 e. The third-order valence-corrected chi connectivity index (χ3v) is 4.89. The Morgan fingerprint density at radius 3 is 2.72 bits per heavy atom. The minimum absolute atomic E-state index is 0.127. The smallest absolute Gasteiger partial charge is 0.254 e. The summed E-state index contributed by atoms with van der Waals surface area (Å²) in [5, 5.41) is 1.04. The fourth-order valence-corrected chi connectivity index (χ4v) is 2.73. The molecule has 0 unspecified atom stereocenters. The summed E-state index contributed by atoms with van der Waals surface area (Å²) in [5.74, 6) is 0.127. The van der Waals surface area contributed by atoms with E-state index in [4.69, 9.17) is 0 Å². The van der Waals surface area contributed by atoms with Gasteiger partial charge in [-0.05, 0) is 54.0 Å². The molecule has 0 bridgehead atoms. The first-order valence-electron chi connectivity index (χ1n) is 6.14. The molecule has 0 N–H and O–H groups in total. The van der Waals surface area contributed by atoms with Crippen LogP contribution in [0.15, 0.2) is 18.2 Å². The number of carbonyl (C=O) groups excluding carboxylic acids is 1. The lowest BCUT2D eigenvalue weighted by Gasteiger charge is -2.18. The number of rotatable bonds is 6. The van der Waals surface area contributed by atoms with Crippen molar-refractivity contribution in [3.8, 4) is 0 Å². The first kappa shape index (κ1) is 16.0. The highest BCUT2D eigenvalue weighted by atomic mass is 127. The lowest BCUT2D eigenvalue weighted by atomic mass is 10.1. The van der Waals surface area contributed by atoms with Crippen LogP contribution in [0, 0.1) is 10.5 Å². The van der Waals surface area contributed by atoms with Crippen molar-refractivity contribution >= 4 is 44.4 Å². The van der Waals surface area contributed by atoms with Crippen molar-refractivity contribution in [3.05, 3.63) is 32.9 Å². The van der Waals surface area contributed by atoms with Gasteiger partial charge in [-0.1, -0.05) is 34.5 Å². The van der Waals surface area contributed by atoms with Gasteiger partial charge in [-0.25, -0.2) is 0 Å². The minimum Gasteiger partial charge on any atom is -0.342 e. The number of hydrogen-bond acceptors (Lipinski definition) is 1. The summed E-state index contributed by atoms with van der Waals surface area (Å²) < 4.78 is 1.06. The molecule has 0 aliphatic heterocycles. The summed E-state index contributed by atoms with van der Waals surface area (Å²) >= 11 is 5.67. The van der Waals surface area contributed by atoms with Crippen molar-refractivity contribution in [3.63, 3.8) is 0 Å². The van der Waals surface area contributed by atoms with Crippen molar-refractivity contribution in [2.75, 3.05) is 18.9 Å². The highest BCUT2D eigenvalue weighted by Crippen LogP contribution is 2.18. The van der Waals surface area contributed by atoms with E-state index >= 15 is 0 Å². The molecule has 0 spiro atoms. The quantitative estimate of drug-likeness (QED) is 0.380. The molecule has 18 heavy (non-hydrogen) atoms. The second kappa shape index (κ2) is 8.15. The van der Waals surface area contributed by atoms with E-state index in [1.165, 1.54) is 6.42 Å². The summed E-state index contributed by atoms with van der Waals surface area (Å²) in [6.45, 7) is 2.87. The van der Waals surface area contributed by atoms with Crippen molar-refractivity contribution < 1.29 is 4.79 Å². The van der Waals surface area contributed by atoms with Crippen LogP contribution in [0.25, 0.3) is 0 Å². The van der Waals surface area contributed by atoms with Crippen LogP contribution < -0.4 is 0 Å². The monoisotopic (exact) mass is 423 g/mol. The molecule has 4 heteroatoms. The van der Waals surface area contributed by atoms with Crippen LogP contribution >= 0.6 is 38.5 Å². The Balaban J connectivity index is 2.60. The lowest BCUT2D eigenvalue weighted by molar-refractivity contribution is 0.0791. The molecule has 0 radical (unpaired) electrons. The minimum atomic E-state index is 0.127. The van der Waals surface area contributed by atoms with E-state index in [2.05, 4.69) is 38.5 Å². The van der Waals surface area contributed by atoms with Crippen molar-refractivity contribution in [1.29, 1.82) is 0 Å². The summed E-state index contributed by atoms with van der Waals surface area (Å²) in [4.78, 5) is 14.1. The molecule has 2 nitrogen and oxygen atoms in total. The Bertz CT molecular complexity index is 409. The predicted molar refractivity (Wildman–Crippen MR) is 88.5 cm³/mol. The molecule has 0 saturated heterocycles. The third-order valence-electron chi connectivity index (χ3n) is 2.90. The van der Waals surface area contributed by atoms with Gasteiger partial charge in [-0.15, -0.1) is 0 Å². The number of nitrogens with zero attached hydrogens (tertiary/aromatic N) is 1. The van der Waals surface area contributed by atoms with Crippen LogP contribution in [-0.2, 0) is 0 Å². The van der Waals surface area contributed by atoms with Crippen LogP contribution in [-0.4, -0.2) is 29.7 Å². The molecule has 0 atom stereocenters. The third kappa shape index (κ3) is 4.53. The number of amides is 1. The van der Waals surface area contributed by atoms with Crippen LogP contribution in [0.4, 0.5) is 0 Å². The molecule has 0 aromatic heterocycles. The van der Waals surface area contributed by atoms with Crippen LogP contribution in [0.5, 0.6) is 0 Å². The number of carbonyl (C=O) groups is 1. The van der Waals surface area contributed by atoms with Crippen molar-refractivity contribution in [1.82, 2.24) is 4.90 Å². The van der Waals surface area contributed by atoms with Gasteiger partial charge in [0.05, 0.1) is 5.56 Å². The first-order chi connectivity index (χ1) is 8.57. The first-order valence-corrected chi connectivity index (χ1v) is 8.34. The Morgan fingerprint density at radius 1 is 1.33 bits per heavy atom. The van der Waals surface area contributed by atoms with Crippen molar-refractivity contribution in [2.24, 2.45) is 0 Å². The summed E-state index contributed by atoms with van der Waals surface area (Å²) in [5.41, 5.74) is 1.98. The molecular formula is C14H19BrINO. The molecule has 1 amide bonds. The number of alkyl halides is 1. The van der Waals surface area contributed by atoms with Gasteiger partial charge in [0.15, 0.2) is 0 Å². The average Bonchev–Trinajstić information content (AvgIpc) is 2.37. The van der Waals surface area contributed by atoms with Gasteiger partial charge in [0.1, 0.15) is 0 Å². The maximum Gasteiger partial charge on any atom is 0.254 e. The normalized spacial score (nSPS) is 10.4. The van der Waals surface area contributed by atoms with Gasteiger partial charge < -0.3 is 4.90 Å². The Kier molecular flexibility index (Phi) is 7.22. The maximum absolute atomic E-state index is 12.3. The second-order valence-electron chi connectivity index (χ2n) is 4.41. The van der Waals surface area contributed by atoms with E-state index in [1.807, 2.05) is 37.1 Å². The molecule has 0 fully saturated rings. The number of hydrogen-bond donors (Lipinski definition) is 0. The number of unbranched alkanes of at least 4 members (excludes halogenated alkanes) is 2. The Morgan fingerprint density at radius 2 is 2.06 bits per heavy atom. The molecular weight excluding hydrogens is 405 g/mol. The SMILES string of the molecule is Cc1cccc(C(=O)N(C)CCCCCBr)c1I. The predicted octanol–water partition coefficient (Wildman–Crippen LogP) is 4.24. The summed E-state index contributed by atoms with van der Waals surface area (Å²) in [6.07, 6.45) is 3.40. The molecule has 1 aromatic rings. The van der Waals surface area contributed by atoms with E-state index in [0.29, 0.717) is 0 Å². The Labute approximate surface area is 131 Å². The van der Waals surface area contributed by atoms with Gasteiger partial charge in [0.25, 0.3) is 5.91 Å². The van der Waals surface area contributed by atoms with E-state index in [0.717, 1.165) is 39.4 Å². The molecule has 1 aromatic carbocycles. The van der Waals surface area contributed by atoms with E-state index in [1.54, 1.807) is 0 Å². The molecule has 1 rings (SSSR count). The lowest BCUT2D eigenvalue weighted by Crippen LogP contribution is -2.28. The summed E-state index contributed by atoms with van der Waals surface area (Å²) in [7, 11) is 1.88. The van der Waals surface area contributed by atoms with Gasteiger partial charge in [-0.3, -0.25) is 4.79 Å². The van der Waals surface area contributed by atoms with Gasteiger partial charge in [-0.2, -0.15) is 0 Å². The van der Waals surface area contributed by atoms with E-state index < -0.39 is 0 Å². The molecule has 0 aliphatic carbocycles. The van der Waals surface area contributed by atoms with Crippen LogP contribution in [0.3, 0.4) is 0 Å². The summed E-state index contributed by atoms with van der Waals surface area (Å²) in [6, 6.07) is 5.89. The highest BCUT2D eigenvalue weighted by molar-refractivity contribution is 14.1. The van der Waals surface area contributed by atoms with E-state index in [-0.39, 0.29) is 5.91 Å². The van der Waals surface area contributed by atoms with Crippen LogP contribution in [0.2, 0.25) is 0 Å². The van der Waals surface area contributed by atoms with Gasteiger partial charge >= 0.3 is 0 Å². The molecule has 0 aliphatic rings. The number of benzene rings is 1. The zero-order valence-electron chi connectivity index (χ0n) is 10.9. The Hall–Kier alpha value is -0.100. The molecule has 0 heterocycles. The van der Waals surface area contributed by atoms with Gasteiger partial charge in [0.2, 0.25) is 0 Å². The van der Waals surface area contributed by atoms with Gasteiger partial charge in [0, 0.05) is 22.5 Å². The standard InChI is InChI=1S/C14H19BrINO/c1-11-7-6-8-12(13(11)16)14(18)17(2)10-5-3-4-9-15/h6-8H,3-5,9-10H2,1-2H3. The fourth-order valence-electron chi connectivity index (χ4n) is 1.74. The fraction of sp³-hybridized carbons (Fsp3) is 0.500. The van der Waals surface area contributed by atoms with Crippen molar-refractivity contribution in [2.45, 2.75) is 26.2 Å². The molecule has 100 valence electrons. The topological polar surface area (TPSA) is 20.3 Å². The maximum atomic E-state index is 12.3. The number of aryl methyl sites for hydroxylation is 1. The average molecular weight is 424 g/mol. The number of halogens is 2.